The fourth-order valence-electron chi connectivity index (χ4n) is 2.68. The molecule has 1 aliphatic rings. The molecule has 2 heteroatoms. The summed E-state index contributed by atoms with van der Waals surface area (Å²) < 4.78 is 0. The second-order valence-corrected chi connectivity index (χ2v) is 4.82. The Bertz CT molecular complexity index is 604. The van der Waals surface area contributed by atoms with Gasteiger partial charge in [0.05, 0.1) is 5.69 Å². The molecule has 0 atom stereocenters. The van der Waals surface area contributed by atoms with Crippen molar-refractivity contribution in [1.29, 1.82) is 0 Å². The van der Waals surface area contributed by atoms with Gasteiger partial charge in [-0.1, -0.05) is 38.1 Å². The van der Waals surface area contributed by atoms with Crippen molar-refractivity contribution in [3.63, 3.8) is 0 Å². The summed E-state index contributed by atoms with van der Waals surface area (Å²) in [6.07, 6.45) is 2.25. The molecule has 1 heterocycles. The molecule has 92 valence electrons. The van der Waals surface area contributed by atoms with Gasteiger partial charge >= 0.3 is 0 Å². The first-order chi connectivity index (χ1) is 8.83. The smallest absolute Gasteiger partial charge is 0.110 e. The van der Waals surface area contributed by atoms with Gasteiger partial charge < -0.3 is 5.32 Å². The van der Waals surface area contributed by atoms with Gasteiger partial charge in [-0.25, -0.2) is 4.99 Å². The molecule has 0 fully saturated rings. The number of anilines is 1. The molecule has 1 N–H and O–H groups in total. The first-order valence-electron chi connectivity index (χ1n) is 6.70. The Morgan fingerprint density at radius 3 is 2.50 bits per heavy atom. The summed E-state index contributed by atoms with van der Waals surface area (Å²) in [5.74, 6) is 1.64. The SMILES string of the molecule is CCC(CC)C1=Nc2cccc3cccc(c23)N1. The quantitative estimate of drug-likeness (QED) is 0.821. The fraction of sp³-hybridized carbons (Fsp3) is 0.312. The predicted molar refractivity (Wildman–Crippen MR) is 78.7 cm³/mol. The fourth-order valence-corrected chi connectivity index (χ4v) is 2.68. The molecule has 2 nitrogen and oxygen atoms in total. The maximum atomic E-state index is 4.81. The van der Waals surface area contributed by atoms with Crippen LogP contribution in [0.1, 0.15) is 26.7 Å². The second kappa shape index (κ2) is 4.45. The van der Waals surface area contributed by atoms with E-state index in [-0.39, 0.29) is 0 Å². The lowest BCUT2D eigenvalue weighted by Crippen LogP contribution is -2.23. The third kappa shape index (κ3) is 1.69. The zero-order chi connectivity index (χ0) is 12.5. The van der Waals surface area contributed by atoms with Gasteiger partial charge in [0, 0.05) is 17.0 Å². The normalized spacial score (nSPS) is 13.6. The maximum Gasteiger partial charge on any atom is 0.110 e. The molecule has 3 rings (SSSR count). The summed E-state index contributed by atoms with van der Waals surface area (Å²) >= 11 is 0. The first kappa shape index (κ1) is 11.3. The van der Waals surface area contributed by atoms with Crippen LogP contribution in [0.15, 0.2) is 41.4 Å². The molecule has 0 aromatic heterocycles. The molecule has 18 heavy (non-hydrogen) atoms. The largest absolute Gasteiger partial charge is 0.343 e. The van der Waals surface area contributed by atoms with Crippen molar-refractivity contribution in [2.24, 2.45) is 10.9 Å². The first-order valence-corrected chi connectivity index (χ1v) is 6.70. The van der Waals surface area contributed by atoms with Crippen LogP contribution in [-0.2, 0) is 0 Å². The van der Waals surface area contributed by atoms with Gasteiger partial charge in [0.15, 0.2) is 0 Å². The van der Waals surface area contributed by atoms with E-state index >= 15 is 0 Å². The highest BCUT2D eigenvalue weighted by molar-refractivity contribution is 6.14. The summed E-state index contributed by atoms with van der Waals surface area (Å²) in [6, 6.07) is 12.7. The Morgan fingerprint density at radius 2 is 1.78 bits per heavy atom. The van der Waals surface area contributed by atoms with Crippen LogP contribution in [0.4, 0.5) is 11.4 Å². The van der Waals surface area contributed by atoms with E-state index < -0.39 is 0 Å². The van der Waals surface area contributed by atoms with E-state index in [1.54, 1.807) is 0 Å². The number of hydrogen-bond donors (Lipinski definition) is 1. The lowest BCUT2D eigenvalue weighted by molar-refractivity contribution is 0.641. The lowest BCUT2D eigenvalue weighted by atomic mass is 9.99. The summed E-state index contributed by atoms with van der Waals surface area (Å²) in [6.45, 7) is 4.44. The highest BCUT2D eigenvalue weighted by atomic mass is 15.0. The number of benzene rings is 2. The molecular weight excluding hydrogens is 220 g/mol. The van der Waals surface area contributed by atoms with Gasteiger partial charge in [-0.2, -0.15) is 0 Å². The topological polar surface area (TPSA) is 24.4 Å². The molecule has 0 unspecified atom stereocenters. The van der Waals surface area contributed by atoms with E-state index in [0.717, 1.165) is 24.4 Å². The predicted octanol–water partition coefficient (Wildman–Crippen LogP) is 4.73. The van der Waals surface area contributed by atoms with Gasteiger partial charge in [0.1, 0.15) is 5.84 Å². The number of rotatable bonds is 3. The molecule has 0 aliphatic carbocycles. The Hall–Kier alpha value is -1.83. The molecule has 0 amide bonds. The molecule has 0 saturated carbocycles. The maximum absolute atomic E-state index is 4.81. The lowest BCUT2D eigenvalue weighted by Gasteiger charge is -2.23. The average molecular weight is 238 g/mol. The minimum atomic E-state index is 0.522. The van der Waals surface area contributed by atoms with Crippen LogP contribution in [0.3, 0.4) is 0 Å². The summed E-state index contributed by atoms with van der Waals surface area (Å²) in [7, 11) is 0. The van der Waals surface area contributed by atoms with E-state index in [2.05, 4.69) is 55.6 Å². The van der Waals surface area contributed by atoms with Gasteiger partial charge in [0.2, 0.25) is 0 Å². The Kier molecular flexibility index (Phi) is 2.78. The minimum absolute atomic E-state index is 0.522. The van der Waals surface area contributed by atoms with Crippen LogP contribution in [-0.4, -0.2) is 5.84 Å². The Labute approximate surface area is 108 Å². The zero-order valence-corrected chi connectivity index (χ0v) is 10.9. The molecule has 0 bridgehead atoms. The van der Waals surface area contributed by atoms with Crippen LogP contribution in [0.5, 0.6) is 0 Å². The molecule has 0 radical (unpaired) electrons. The Balaban J connectivity index is 2.17. The van der Waals surface area contributed by atoms with Crippen molar-refractivity contribution >= 4 is 28.0 Å². The summed E-state index contributed by atoms with van der Waals surface area (Å²) in [5, 5.41) is 6.01. The van der Waals surface area contributed by atoms with Gasteiger partial charge in [-0.15, -0.1) is 0 Å². The number of nitrogens with zero attached hydrogens (tertiary/aromatic N) is 1. The highest BCUT2D eigenvalue weighted by Crippen LogP contribution is 2.36. The van der Waals surface area contributed by atoms with E-state index in [1.807, 2.05) is 0 Å². The van der Waals surface area contributed by atoms with E-state index in [4.69, 9.17) is 4.99 Å². The van der Waals surface area contributed by atoms with Crippen LogP contribution in [0.2, 0.25) is 0 Å². The highest BCUT2D eigenvalue weighted by Gasteiger charge is 2.18. The van der Waals surface area contributed by atoms with E-state index in [9.17, 15) is 0 Å². The van der Waals surface area contributed by atoms with Crippen molar-refractivity contribution in [2.75, 3.05) is 5.32 Å². The molecule has 2 aromatic rings. The third-order valence-corrected chi connectivity index (χ3v) is 3.76. The molecule has 1 aliphatic heterocycles. The molecule has 2 aromatic carbocycles. The molecular formula is C16H18N2. The second-order valence-electron chi connectivity index (χ2n) is 4.82. The van der Waals surface area contributed by atoms with Gasteiger partial charge in [-0.05, 0) is 30.4 Å². The summed E-state index contributed by atoms with van der Waals surface area (Å²) in [4.78, 5) is 4.81. The molecule has 0 spiro atoms. The van der Waals surface area contributed by atoms with Crippen molar-refractivity contribution in [2.45, 2.75) is 26.7 Å². The van der Waals surface area contributed by atoms with Gasteiger partial charge in [0.25, 0.3) is 0 Å². The van der Waals surface area contributed by atoms with Crippen molar-refractivity contribution in [3.05, 3.63) is 36.4 Å². The molecule has 0 saturated heterocycles. The van der Waals surface area contributed by atoms with Crippen LogP contribution in [0.25, 0.3) is 10.8 Å². The van der Waals surface area contributed by atoms with Crippen LogP contribution >= 0.6 is 0 Å². The van der Waals surface area contributed by atoms with Gasteiger partial charge in [-0.3, -0.25) is 0 Å². The van der Waals surface area contributed by atoms with E-state index in [1.165, 1.54) is 16.5 Å². The Morgan fingerprint density at radius 1 is 1.06 bits per heavy atom. The van der Waals surface area contributed by atoms with E-state index in [0.29, 0.717) is 5.92 Å². The number of aliphatic imine (C=N–C) groups is 1. The number of amidine groups is 1. The van der Waals surface area contributed by atoms with Crippen LogP contribution in [0, 0.1) is 5.92 Å². The number of nitrogens with one attached hydrogen (secondary N) is 1. The minimum Gasteiger partial charge on any atom is -0.343 e. The standard InChI is InChI=1S/C16H18N2/c1-3-11(4-2)16-17-13-9-5-7-12-8-6-10-14(18-16)15(12)13/h5-11H,3-4H2,1-2H3,(H,17,18). The van der Waals surface area contributed by atoms with Crippen molar-refractivity contribution in [3.8, 4) is 0 Å². The van der Waals surface area contributed by atoms with Crippen LogP contribution < -0.4 is 5.32 Å². The van der Waals surface area contributed by atoms with Crippen molar-refractivity contribution in [1.82, 2.24) is 0 Å². The number of hydrogen-bond acceptors (Lipinski definition) is 2. The third-order valence-electron chi connectivity index (χ3n) is 3.76. The average Bonchev–Trinajstić information content (AvgIpc) is 2.41. The monoisotopic (exact) mass is 238 g/mol. The summed E-state index contributed by atoms with van der Waals surface area (Å²) in [5.41, 5.74) is 2.30. The van der Waals surface area contributed by atoms with Crippen molar-refractivity contribution < 1.29 is 0 Å². The zero-order valence-electron chi connectivity index (χ0n) is 10.9.